The molecule has 1 amide bonds. The lowest BCUT2D eigenvalue weighted by atomic mass is 10.0. The summed E-state index contributed by atoms with van der Waals surface area (Å²) in [7, 11) is 0. The van der Waals surface area contributed by atoms with Crippen LogP contribution in [0.4, 0.5) is 0 Å². The zero-order chi connectivity index (χ0) is 14.5. The molecule has 1 heterocycles. The van der Waals surface area contributed by atoms with Gasteiger partial charge in [0.15, 0.2) is 0 Å². The monoisotopic (exact) mass is 290 g/mol. The zero-order valence-corrected chi connectivity index (χ0v) is 12.6. The second kappa shape index (κ2) is 6.71. The van der Waals surface area contributed by atoms with E-state index < -0.39 is 0 Å². The van der Waals surface area contributed by atoms with Gasteiger partial charge < -0.3 is 5.32 Å². The predicted molar refractivity (Wildman–Crippen MR) is 83.2 cm³/mol. The van der Waals surface area contributed by atoms with Crippen LogP contribution in [-0.4, -0.2) is 17.4 Å². The lowest BCUT2D eigenvalue weighted by Crippen LogP contribution is -2.29. The first-order valence-electron chi connectivity index (χ1n) is 6.98. The van der Waals surface area contributed by atoms with Gasteiger partial charge in [-0.1, -0.05) is 62.6 Å². The summed E-state index contributed by atoms with van der Waals surface area (Å²) in [5.41, 5.74) is 0.580. The first kappa shape index (κ1) is 14.8. The minimum Gasteiger partial charge on any atom is -0.352 e. The normalized spacial score (nSPS) is 11.0. The second-order valence-electron chi connectivity index (χ2n) is 4.90. The SMILES string of the molecule is CCC(CC)CNC(=O)c1cnc(Cl)c2ccccc12. The number of carbonyl (C=O) groups excluding carboxylic acids is 1. The molecule has 0 fully saturated rings. The summed E-state index contributed by atoms with van der Waals surface area (Å²) in [6.07, 6.45) is 3.68. The molecule has 2 rings (SSSR count). The number of nitrogens with one attached hydrogen (secondary N) is 1. The van der Waals surface area contributed by atoms with E-state index in [1.165, 1.54) is 0 Å². The first-order chi connectivity index (χ1) is 9.67. The first-order valence-corrected chi connectivity index (χ1v) is 7.36. The van der Waals surface area contributed by atoms with Gasteiger partial charge in [-0.05, 0) is 11.3 Å². The molecule has 1 N–H and O–H groups in total. The molecule has 0 aliphatic rings. The van der Waals surface area contributed by atoms with E-state index in [1.54, 1.807) is 6.20 Å². The van der Waals surface area contributed by atoms with Crippen LogP contribution in [0.5, 0.6) is 0 Å². The van der Waals surface area contributed by atoms with Crippen molar-refractivity contribution in [1.29, 1.82) is 0 Å². The maximum Gasteiger partial charge on any atom is 0.253 e. The van der Waals surface area contributed by atoms with Gasteiger partial charge in [0.25, 0.3) is 5.91 Å². The maximum atomic E-state index is 12.3. The second-order valence-corrected chi connectivity index (χ2v) is 5.26. The van der Waals surface area contributed by atoms with Gasteiger partial charge in [-0.15, -0.1) is 0 Å². The number of nitrogens with zero attached hydrogens (tertiary/aromatic N) is 1. The molecule has 1 aromatic carbocycles. The molecule has 0 unspecified atom stereocenters. The van der Waals surface area contributed by atoms with Crippen LogP contribution in [0.15, 0.2) is 30.5 Å². The fraction of sp³-hybridized carbons (Fsp3) is 0.375. The molecule has 106 valence electrons. The van der Waals surface area contributed by atoms with Crippen molar-refractivity contribution in [3.8, 4) is 0 Å². The van der Waals surface area contributed by atoms with E-state index in [9.17, 15) is 4.79 Å². The molecule has 2 aromatic rings. The van der Waals surface area contributed by atoms with Crippen LogP contribution in [0.1, 0.15) is 37.0 Å². The fourth-order valence-corrected chi connectivity index (χ4v) is 2.46. The zero-order valence-electron chi connectivity index (χ0n) is 11.8. The van der Waals surface area contributed by atoms with E-state index in [0.717, 1.165) is 23.6 Å². The Morgan fingerprint density at radius 3 is 2.55 bits per heavy atom. The van der Waals surface area contributed by atoms with Crippen molar-refractivity contribution in [2.45, 2.75) is 26.7 Å². The summed E-state index contributed by atoms with van der Waals surface area (Å²) in [5, 5.41) is 5.07. The Morgan fingerprint density at radius 1 is 1.25 bits per heavy atom. The fourth-order valence-electron chi connectivity index (χ4n) is 2.25. The summed E-state index contributed by atoms with van der Waals surface area (Å²) in [6, 6.07) is 7.56. The third-order valence-corrected chi connectivity index (χ3v) is 4.00. The van der Waals surface area contributed by atoms with Gasteiger partial charge in [0.05, 0.1) is 5.56 Å². The summed E-state index contributed by atoms with van der Waals surface area (Å²) in [6.45, 7) is 4.97. The van der Waals surface area contributed by atoms with Crippen molar-refractivity contribution < 1.29 is 4.79 Å². The highest BCUT2D eigenvalue weighted by atomic mass is 35.5. The number of carbonyl (C=O) groups is 1. The average Bonchev–Trinajstić information content (AvgIpc) is 2.48. The molecule has 1 aromatic heterocycles. The van der Waals surface area contributed by atoms with Gasteiger partial charge in [0.1, 0.15) is 5.15 Å². The number of rotatable bonds is 5. The standard InChI is InChI=1S/C16H19ClN2O/c1-3-11(4-2)9-19-16(20)14-10-18-15(17)13-8-6-5-7-12(13)14/h5-8,10-11H,3-4,9H2,1-2H3,(H,19,20). The average molecular weight is 291 g/mol. The number of fused-ring (bicyclic) bond motifs is 1. The van der Waals surface area contributed by atoms with Gasteiger partial charge in [-0.2, -0.15) is 0 Å². The Kier molecular flexibility index (Phi) is 4.96. The van der Waals surface area contributed by atoms with E-state index in [4.69, 9.17) is 11.6 Å². The number of hydrogen-bond donors (Lipinski definition) is 1. The molecule has 0 bridgehead atoms. The molecule has 0 spiro atoms. The van der Waals surface area contributed by atoms with Crippen molar-refractivity contribution in [3.05, 3.63) is 41.2 Å². The highest BCUT2D eigenvalue weighted by molar-refractivity contribution is 6.34. The van der Waals surface area contributed by atoms with Crippen molar-refractivity contribution in [2.75, 3.05) is 6.54 Å². The van der Waals surface area contributed by atoms with Gasteiger partial charge >= 0.3 is 0 Å². The quantitative estimate of drug-likeness (QED) is 0.844. The Labute approximate surface area is 124 Å². The number of hydrogen-bond acceptors (Lipinski definition) is 2. The van der Waals surface area contributed by atoms with Crippen LogP contribution >= 0.6 is 11.6 Å². The van der Waals surface area contributed by atoms with Gasteiger partial charge in [0.2, 0.25) is 0 Å². The molecule has 0 radical (unpaired) electrons. The van der Waals surface area contributed by atoms with E-state index in [2.05, 4.69) is 24.1 Å². The topological polar surface area (TPSA) is 42.0 Å². The van der Waals surface area contributed by atoms with Crippen LogP contribution in [0.3, 0.4) is 0 Å². The largest absolute Gasteiger partial charge is 0.352 e. The van der Waals surface area contributed by atoms with Gasteiger partial charge in [-0.3, -0.25) is 4.79 Å². The minimum absolute atomic E-state index is 0.0859. The third kappa shape index (κ3) is 3.10. The molecule has 20 heavy (non-hydrogen) atoms. The summed E-state index contributed by atoms with van der Waals surface area (Å²) < 4.78 is 0. The van der Waals surface area contributed by atoms with Crippen LogP contribution in [0.2, 0.25) is 5.15 Å². The lowest BCUT2D eigenvalue weighted by molar-refractivity contribution is 0.0948. The van der Waals surface area contributed by atoms with Crippen molar-refractivity contribution in [3.63, 3.8) is 0 Å². The molecule has 3 nitrogen and oxygen atoms in total. The molecular weight excluding hydrogens is 272 g/mol. The maximum absolute atomic E-state index is 12.3. The van der Waals surface area contributed by atoms with E-state index in [-0.39, 0.29) is 5.91 Å². The summed E-state index contributed by atoms with van der Waals surface area (Å²) in [5.74, 6) is 0.433. The smallest absolute Gasteiger partial charge is 0.253 e. The van der Waals surface area contributed by atoms with E-state index in [1.807, 2.05) is 24.3 Å². The number of halogens is 1. The van der Waals surface area contributed by atoms with Gasteiger partial charge in [0, 0.05) is 18.1 Å². The Balaban J connectivity index is 2.25. The Hall–Kier alpha value is -1.61. The Morgan fingerprint density at radius 2 is 1.90 bits per heavy atom. The highest BCUT2D eigenvalue weighted by Gasteiger charge is 2.13. The third-order valence-electron chi connectivity index (χ3n) is 3.70. The van der Waals surface area contributed by atoms with Crippen molar-refractivity contribution in [2.24, 2.45) is 5.92 Å². The number of benzene rings is 1. The van der Waals surface area contributed by atoms with Crippen molar-refractivity contribution >= 4 is 28.3 Å². The number of aromatic nitrogens is 1. The molecule has 4 heteroatoms. The summed E-state index contributed by atoms with van der Waals surface area (Å²) in [4.78, 5) is 16.4. The van der Waals surface area contributed by atoms with Gasteiger partial charge in [-0.25, -0.2) is 4.98 Å². The molecule has 0 saturated heterocycles. The molecule has 0 aliphatic carbocycles. The van der Waals surface area contributed by atoms with Crippen LogP contribution in [0, 0.1) is 5.92 Å². The van der Waals surface area contributed by atoms with Crippen molar-refractivity contribution in [1.82, 2.24) is 10.3 Å². The molecule has 0 saturated carbocycles. The van der Waals surface area contributed by atoms with E-state index in [0.29, 0.717) is 23.2 Å². The minimum atomic E-state index is -0.0859. The van der Waals surface area contributed by atoms with Crippen LogP contribution in [-0.2, 0) is 0 Å². The molecule has 0 aliphatic heterocycles. The van der Waals surface area contributed by atoms with Crippen LogP contribution < -0.4 is 5.32 Å². The Bertz CT molecular complexity index is 608. The van der Waals surface area contributed by atoms with E-state index >= 15 is 0 Å². The molecule has 0 atom stereocenters. The summed E-state index contributed by atoms with van der Waals surface area (Å²) >= 11 is 6.06. The predicted octanol–water partition coefficient (Wildman–Crippen LogP) is 4.05. The highest BCUT2D eigenvalue weighted by Crippen LogP contribution is 2.24. The lowest BCUT2D eigenvalue weighted by Gasteiger charge is -2.14. The number of pyridine rings is 1. The number of amides is 1. The molecular formula is C16H19ClN2O. The van der Waals surface area contributed by atoms with Crippen LogP contribution in [0.25, 0.3) is 10.8 Å².